The number of hydrogen-bond acceptors (Lipinski definition) is 2. The highest BCUT2D eigenvalue weighted by Crippen LogP contribution is 2.58. The van der Waals surface area contributed by atoms with E-state index in [9.17, 15) is 4.79 Å². The van der Waals surface area contributed by atoms with Crippen molar-refractivity contribution in [3.63, 3.8) is 0 Å². The zero-order valence-corrected chi connectivity index (χ0v) is 14.9. The first-order valence-electron chi connectivity index (χ1n) is 10.4. The van der Waals surface area contributed by atoms with Crippen LogP contribution in [-0.4, -0.2) is 29.9 Å². The van der Waals surface area contributed by atoms with Gasteiger partial charge in [-0.15, -0.1) is 0 Å². The summed E-state index contributed by atoms with van der Waals surface area (Å²) in [5.74, 6) is 2.76. The van der Waals surface area contributed by atoms with Crippen molar-refractivity contribution in [2.24, 2.45) is 17.8 Å². The number of rotatable bonds is 1. The molecular formula is C22H28N2O. The van der Waals surface area contributed by atoms with Crippen LogP contribution in [0.25, 0.3) is 0 Å². The van der Waals surface area contributed by atoms with Gasteiger partial charge in [0.15, 0.2) is 0 Å². The van der Waals surface area contributed by atoms with Crippen LogP contribution in [0.2, 0.25) is 0 Å². The van der Waals surface area contributed by atoms with Crippen molar-refractivity contribution in [3.05, 3.63) is 35.4 Å². The molecule has 0 radical (unpaired) electrons. The molecule has 3 nitrogen and oxygen atoms in total. The van der Waals surface area contributed by atoms with Crippen LogP contribution < -0.4 is 5.32 Å². The Morgan fingerprint density at radius 2 is 1.92 bits per heavy atom. The first kappa shape index (κ1) is 14.8. The quantitative estimate of drug-likeness (QED) is 0.852. The number of fused-ring (bicyclic) bond motifs is 7. The van der Waals surface area contributed by atoms with Crippen molar-refractivity contribution in [1.29, 1.82) is 0 Å². The van der Waals surface area contributed by atoms with E-state index in [-0.39, 0.29) is 17.4 Å². The summed E-state index contributed by atoms with van der Waals surface area (Å²) in [6, 6.07) is 10.1. The highest BCUT2D eigenvalue weighted by molar-refractivity contribution is 5.81. The Hall–Kier alpha value is -1.35. The maximum atomic E-state index is 12.1. The van der Waals surface area contributed by atoms with E-state index in [1.54, 1.807) is 5.56 Å². The van der Waals surface area contributed by atoms with Gasteiger partial charge < -0.3 is 10.2 Å². The summed E-state index contributed by atoms with van der Waals surface area (Å²) in [5, 5.41) is 3.28. The largest absolute Gasteiger partial charge is 0.349 e. The summed E-state index contributed by atoms with van der Waals surface area (Å²) in [6.07, 6.45) is 9.14. The molecule has 5 aliphatic rings. The second kappa shape index (κ2) is 5.09. The van der Waals surface area contributed by atoms with Gasteiger partial charge in [-0.25, -0.2) is 0 Å². The van der Waals surface area contributed by atoms with E-state index >= 15 is 0 Å². The molecule has 1 amide bonds. The maximum absolute atomic E-state index is 12.1. The molecule has 3 heteroatoms. The lowest BCUT2D eigenvalue weighted by Gasteiger charge is -2.46. The van der Waals surface area contributed by atoms with Crippen LogP contribution in [0, 0.1) is 17.8 Å². The molecule has 4 fully saturated rings. The van der Waals surface area contributed by atoms with E-state index in [4.69, 9.17) is 0 Å². The molecule has 1 N–H and O–H groups in total. The minimum absolute atomic E-state index is 0.245. The number of carbonyl (C=O) groups is 1. The average molecular weight is 336 g/mol. The lowest BCUT2D eigenvalue weighted by atomic mass is 9.67. The molecule has 1 aromatic carbocycles. The third kappa shape index (κ3) is 1.94. The highest BCUT2D eigenvalue weighted by atomic mass is 16.2. The van der Waals surface area contributed by atoms with Crippen LogP contribution in [0.1, 0.15) is 62.1 Å². The lowest BCUT2D eigenvalue weighted by molar-refractivity contribution is -0.119. The zero-order valence-electron chi connectivity index (χ0n) is 14.9. The summed E-state index contributed by atoms with van der Waals surface area (Å²) in [5.41, 5.74) is 3.21. The highest BCUT2D eigenvalue weighted by Gasteiger charge is 2.57. The monoisotopic (exact) mass is 336 g/mol. The molecule has 5 atom stereocenters. The first-order valence-corrected chi connectivity index (χ1v) is 10.4. The van der Waals surface area contributed by atoms with Crippen molar-refractivity contribution in [2.75, 3.05) is 13.1 Å². The molecule has 2 saturated heterocycles. The van der Waals surface area contributed by atoms with Crippen LogP contribution in [0.15, 0.2) is 24.3 Å². The Morgan fingerprint density at radius 3 is 2.68 bits per heavy atom. The van der Waals surface area contributed by atoms with Crippen molar-refractivity contribution in [2.45, 2.75) is 62.4 Å². The molecule has 2 bridgehead atoms. The van der Waals surface area contributed by atoms with Gasteiger partial charge in [-0.3, -0.25) is 4.79 Å². The van der Waals surface area contributed by atoms with E-state index < -0.39 is 0 Å². The van der Waals surface area contributed by atoms with Gasteiger partial charge in [0.05, 0.1) is 6.04 Å². The molecule has 2 heterocycles. The molecule has 2 aliphatic heterocycles. The summed E-state index contributed by atoms with van der Waals surface area (Å²) in [7, 11) is 0. The number of amides is 1. The summed E-state index contributed by atoms with van der Waals surface area (Å²) >= 11 is 0. The van der Waals surface area contributed by atoms with Gasteiger partial charge in [0.1, 0.15) is 0 Å². The number of hydrogen-bond donors (Lipinski definition) is 1. The molecule has 1 unspecified atom stereocenters. The number of carbonyl (C=O) groups excluding carboxylic acids is 1. The Balaban J connectivity index is 1.29. The summed E-state index contributed by atoms with van der Waals surface area (Å²) in [4.78, 5) is 15.0. The van der Waals surface area contributed by atoms with Crippen molar-refractivity contribution in [3.8, 4) is 0 Å². The number of nitrogens with zero attached hydrogens (tertiary/aromatic N) is 1. The second-order valence-corrected chi connectivity index (χ2v) is 9.38. The molecule has 3 aliphatic carbocycles. The van der Waals surface area contributed by atoms with E-state index in [1.165, 1.54) is 57.2 Å². The van der Waals surface area contributed by atoms with Crippen LogP contribution in [0.5, 0.6) is 0 Å². The third-order valence-corrected chi connectivity index (χ3v) is 8.53. The van der Waals surface area contributed by atoms with Gasteiger partial charge in [0.25, 0.3) is 0 Å². The maximum Gasteiger partial charge on any atom is 0.220 e. The first-order chi connectivity index (χ1) is 12.2. The standard InChI is InChI=1S/C22H28N2O/c25-20-13-18-21(23-20)16-3-1-2-4-17(16)22(18)7-9-24(10-8-22)19-12-14-5-6-15(19)11-14/h1-4,14-15,18-19,21H,5-13H2,(H,23,25)/t14-,15-,18-,19?,21-/m0/s1. The molecular weight excluding hydrogens is 308 g/mol. The minimum Gasteiger partial charge on any atom is -0.349 e. The Bertz CT molecular complexity index is 720. The van der Waals surface area contributed by atoms with Gasteiger partial charge in [-0.1, -0.05) is 30.7 Å². The van der Waals surface area contributed by atoms with Crippen molar-refractivity contribution in [1.82, 2.24) is 10.2 Å². The minimum atomic E-state index is 0.245. The van der Waals surface area contributed by atoms with Crippen LogP contribution in [0.3, 0.4) is 0 Å². The van der Waals surface area contributed by atoms with Crippen molar-refractivity contribution < 1.29 is 4.79 Å². The predicted octanol–water partition coefficient (Wildman–Crippen LogP) is 3.40. The molecule has 1 aromatic rings. The average Bonchev–Trinajstić information content (AvgIpc) is 3.40. The Morgan fingerprint density at radius 1 is 1.08 bits per heavy atom. The zero-order chi connectivity index (χ0) is 16.6. The Labute approximate surface area is 150 Å². The van der Waals surface area contributed by atoms with E-state index in [0.29, 0.717) is 5.92 Å². The normalized spacial score (nSPS) is 41.1. The predicted molar refractivity (Wildman–Crippen MR) is 97.2 cm³/mol. The van der Waals surface area contributed by atoms with Gasteiger partial charge in [-0.2, -0.15) is 0 Å². The fourth-order valence-corrected chi connectivity index (χ4v) is 7.43. The molecule has 132 valence electrons. The molecule has 0 aromatic heterocycles. The van der Waals surface area contributed by atoms with Gasteiger partial charge in [0.2, 0.25) is 5.91 Å². The smallest absolute Gasteiger partial charge is 0.220 e. The SMILES string of the molecule is O=C1C[C@H]2[C@@H](N1)c1ccccc1C21CCN(C2C[C@H]3CC[C@H]2C3)CC1. The number of piperidine rings is 1. The van der Waals surface area contributed by atoms with E-state index in [0.717, 1.165) is 24.3 Å². The third-order valence-electron chi connectivity index (χ3n) is 8.53. The Kier molecular flexibility index (Phi) is 3.01. The summed E-state index contributed by atoms with van der Waals surface area (Å²) in [6.45, 7) is 2.47. The number of nitrogens with one attached hydrogen (secondary N) is 1. The lowest BCUT2D eigenvalue weighted by Crippen LogP contribution is -2.50. The van der Waals surface area contributed by atoms with E-state index in [2.05, 4.69) is 34.5 Å². The molecule has 25 heavy (non-hydrogen) atoms. The summed E-state index contributed by atoms with van der Waals surface area (Å²) < 4.78 is 0. The van der Waals surface area contributed by atoms with Gasteiger partial charge in [-0.05, 0) is 68.2 Å². The van der Waals surface area contributed by atoms with Crippen LogP contribution >= 0.6 is 0 Å². The number of benzene rings is 1. The topological polar surface area (TPSA) is 32.3 Å². The fraction of sp³-hybridized carbons (Fsp3) is 0.682. The van der Waals surface area contributed by atoms with Crippen LogP contribution in [-0.2, 0) is 10.2 Å². The number of likely N-dealkylation sites (tertiary alicyclic amines) is 1. The van der Waals surface area contributed by atoms with Crippen LogP contribution in [0.4, 0.5) is 0 Å². The van der Waals surface area contributed by atoms with E-state index in [1.807, 2.05) is 0 Å². The molecule has 6 rings (SSSR count). The van der Waals surface area contributed by atoms with Gasteiger partial charge >= 0.3 is 0 Å². The van der Waals surface area contributed by atoms with Gasteiger partial charge in [0, 0.05) is 23.8 Å². The molecule has 1 spiro atoms. The second-order valence-electron chi connectivity index (χ2n) is 9.38. The molecule has 2 saturated carbocycles. The van der Waals surface area contributed by atoms with Crippen molar-refractivity contribution >= 4 is 5.91 Å². The fourth-order valence-electron chi connectivity index (χ4n) is 7.43.